The molecule has 96 valence electrons. The van der Waals surface area contributed by atoms with E-state index < -0.39 is 0 Å². The smallest absolute Gasteiger partial charge is 0.242 e. The van der Waals surface area contributed by atoms with E-state index >= 15 is 0 Å². The first kappa shape index (κ1) is 14.0. The number of nitrogens with zero attached hydrogens (tertiary/aromatic N) is 2. The zero-order chi connectivity index (χ0) is 13.8. The van der Waals surface area contributed by atoms with Gasteiger partial charge in [-0.25, -0.2) is 4.98 Å². The van der Waals surface area contributed by atoms with Crippen molar-refractivity contribution in [1.29, 1.82) is 5.26 Å². The molecule has 18 heavy (non-hydrogen) atoms. The fourth-order valence-electron chi connectivity index (χ4n) is 1.31. The van der Waals surface area contributed by atoms with Crippen molar-refractivity contribution >= 4 is 11.7 Å². The fourth-order valence-corrected chi connectivity index (χ4v) is 1.31. The lowest BCUT2D eigenvalue weighted by Crippen LogP contribution is -2.47. The molecule has 1 amide bonds. The summed E-state index contributed by atoms with van der Waals surface area (Å²) in [6.07, 6.45) is 1.47. The highest BCUT2D eigenvalue weighted by atomic mass is 16.2. The Hall–Kier alpha value is -2.09. The highest BCUT2D eigenvalue weighted by molar-refractivity contribution is 5.84. The van der Waals surface area contributed by atoms with Crippen molar-refractivity contribution < 1.29 is 4.79 Å². The summed E-state index contributed by atoms with van der Waals surface area (Å²) in [5.41, 5.74) is 0.234. The molecule has 5 nitrogen and oxygen atoms in total. The molecule has 0 saturated heterocycles. The lowest BCUT2D eigenvalue weighted by Gasteiger charge is -2.23. The van der Waals surface area contributed by atoms with Crippen LogP contribution >= 0.6 is 0 Å². The predicted molar refractivity (Wildman–Crippen MR) is 69.9 cm³/mol. The monoisotopic (exact) mass is 246 g/mol. The summed E-state index contributed by atoms with van der Waals surface area (Å²) in [4.78, 5) is 15.9. The molecule has 2 N–H and O–H groups in total. The van der Waals surface area contributed by atoms with Crippen molar-refractivity contribution in [2.75, 3.05) is 5.32 Å². The zero-order valence-corrected chi connectivity index (χ0v) is 11.1. The highest BCUT2D eigenvalue weighted by Crippen LogP contribution is 2.07. The lowest BCUT2D eigenvalue weighted by molar-refractivity contribution is -0.122. The highest BCUT2D eigenvalue weighted by Gasteiger charge is 2.19. The molecule has 0 aliphatic rings. The van der Waals surface area contributed by atoms with Crippen LogP contribution in [0.4, 0.5) is 5.82 Å². The van der Waals surface area contributed by atoms with Crippen LogP contribution in [0.3, 0.4) is 0 Å². The molecule has 0 fully saturated rings. The van der Waals surface area contributed by atoms with Gasteiger partial charge in [-0.2, -0.15) is 5.26 Å². The van der Waals surface area contributed by atoms with E-state index in [1.165, 1.54) is 6.20 Å². The number of rotatable bonds is 3. The number of pyridine rings is 1. The molecule has 0 saturated carbocycles. The first-order valence-electron chi connectivity index (χ1n) is 5.76. The van der Waals surface area contributed by atoms with Crippen molar-refractivity contribution in [2.45, 2.75) is 39.3 Å². The molecule has 1 rings (SSSR count). The third-order valence-corrected chi connectivity index (χ3v) is 2.15. The summed E-state index contributed by atoms with van der Waals surface area (Å²) < 4.78 is 0. The number of anilines is 1. The number of nitrogens with one attached hydrogen (secondary N) is 2. The number of hydrogen-bond acceptors (Lipinski definition) is 4. The molecular formula is C13H18N4O. The maximum atomic E-state index is 11.8. The van der Waals surface area contributed by atoms with E-state index in [9.17, 15) is 4.79 Å². The van der Waals surface area contributed by atoms with E-state index in [4.69, 9.17) is 5.26 Å². The molecule has 1 heterocycles. The molecule has 0 aliphatic heterocycles. The quantitative estimate of drug-likeness (QED) is 0.850. The summed E-state index contributed by atoms with van der Waals surface area (Å²) in [6, 6.07) is 4.94. The van der Waals surface area contributed by atoms with E-state index in [1.54, 1.807) is 19.1 Å². The normalized spacial score (nSPS) is 12.4. The van der Waals surface area contributed by atoms with Gasteiger partial charge < -0.3 is 10.6 Å². The molecule has 0 spiro atoms. The van der Waals surface area contributed by atoms with Crippen molar-refractivity contribution in [1.82, 2.24) is 10.3 Å². The second-order valence-corrected chi connectivity index (χ2v) is 5.15. The van der Waals surface area contributed by atoms with Gasteiger partial charge in [0.25, 0.3) is 0 Å². The topological polar surface area (TPSA) is 77.8 Å². The lowest BCUT2D eigenvalue weighted by atomic mass is 10.1. The minimum absolute atomic E-state index is 0.0892. The molecule has 5 heteroatoms. The molecule has 1 atom stereocenters. The maximum absolute atomic E-state index is 11.8. The fraction of sp³-hybridized carbons (Fsp3) is 0.462. The van der Waals surface area contributed by atoms with Crippen LogP contribution in [0.1, 0.15) is 33.3 Å². The average molecular weight is 246 g/mol. The summed E-state index contributed by atoms with van der Waals surface area (Å²) >= 11 is 0. The third-order valence-electron chi connectivity index (χ3n) is 2.15. The van der Waals surface area contributed by atoms with Gasteiger partial charge >= 0.3 is 0 Å². The Labute approximate surface area is 107 Å². The van der Waals surface area contributed by atoms with Crippen LogP contribution in [0.2, 0.25) is 0 Å². The van der Waals surface area contributed by atoms with Gasteiger partial charge in [0.2, 0.25) is 5.91 Å². The Morgan fingerprint density at radius 1 is 1.44 bits per heavy atom. The summed E-state index contributed by atoms with van der Waals surface area (Å²) in [5.74, 6) is 0.485. The van der Waals surface area contributed by atoms with Crippen LogP contribution in [0.25, 0.3) is 0 Å². The first-order valence-corrected chi connectivity index (χ1v) is 5.76. The maximum Gasteiger partial charge on any atom is 0.242 e. The molecule has 1 unspecified atom stereocenters. The van der Waals surface area contributed by atoms with Crippen molar-refractivity contribution in [3.05, 3.63) is 23.9 Å². The van der Waals surface area contributed by atoms with E-state index in [1.807, 2.05) is 26.8 Å². The second kappa shape index (κ2) is 5.50. The number of hydrogen-bond donors (Lipinski definition) is 2. The molecule has 0 aromatic carbocycles. The van der Waals surface area contributed by atoms with Crippen LogP contribution in [-0.4, -0.2) is 22.5 Å². The molecular weight excluding hydrogens is 228 g/mol. The summed E-state index contributed by atoms with van der Waals surface area (Å²) in [6.45, 7) is 7.55. The number of carbonyl (C=O) groups is 1. The standard InChI is InChI=1S/C13H18N4O/c1-9(12(18)17-13(2,3)4)16-11-6-5-10(7-14)8-15-11/h5-6,8-9H,1-4H3,(H,15,16)(H,17,18). The van der Waals surface area contributed by atoms with Crippen LogP contribution in [0, 0.1) is 11.3 Å². The van der Waals surface area contributed by atoms with Gasteiger partial charge in [0.1, 0.15) is 17.9 Å². The minimum atomic E-state index is -0.385. The van der Waals surface area contributed by atoms with Gasteiger partial charge in [-0.05, 0) is 39.8 Å². The Balaban J connectivity index is 2.61. The van der Waals surface area contributed by atoms with Gasteiger partial charge in [0.15, 0.2) is 0 Å². The van der Waals surface area contributed by atoms with Gasteiger partial charge in [-0.3, -0.25) is 4.79 Å². The third kappa shape index (κ3) is 4.42. The SMILES string of the molecule is CC(Nc1ccc(C#N)cn1)C(=O)NC(C)(C)C. The average Bonchev–Trinajstić information content (AvgIpc) is 2.27. The van der Waals surface area contributed by atoms with Crippen molar-refractivity contribution in [3.8, 4) is 6.07 Å². The largest absolute Gasteiger partial charge is 0.359 e. The molecule has 1 aromatic heterocycles. The van der Waals surface area contributed by atoms with Crippen molar-refractivity contribution in [3.63, 3.8) is 0 Å². The predicted octanol–water partition coefficient (Wildman–Crippen LogP) is 1.67. The number of nitriles is 1. The van der Waals surface area contributed by atoms with Gasteiger partial charge in [-0.15, -0.1) is 0 Å². The Morgan fingerprint density at radius 3 is 2.56 bits per heavy atom. The number of carbonyl (C=O) groups excluding carboxylic acids is 1. The Morgan fingerprint density at radius 2 is 2.11 bits per heavy atom. The van der Waals surface area contributed by atoms with E-state index in [-0.39, 0.29) is 17.5 Å². The molecule has 0 radical (unpaired) electrons. The molecule has 1 aromatic rings. The van der Waals surface area contributed by atoms with E-state index in [0.29, 0.717) is 11.4 Å². The second-order valence-electron chi connectivity index (χ2n) is 5.15. The van der Waals surface area contributed by atoms with E-state index in [0.717, 1.165) is 0 Å². The Kier molecular flexibility index (Phi) is 4.27. The van der Waals surface area contributed by atoms with Gasteiger partial charge in [-0.1, -0.05) is 0 Å². The zero-order valence-electron chi connectivity index (χ0n) is 11.1. The summed E-state index contributed by atoms with van der Waals surface area (Å²) in [5, 5.41) is 14.5. The Bertz CT molecular complexity index is 453. The van der Waals surface area contributed by atoms with Crippen LogP contribution in [0.5, 0.6) is 0 Å². The van der Waals surface area contributed by atoms with Crippen LogP contribution < -0.4 is 10.6 Å². The number of aromatic nitrogens is 1. The first-order chi connectivity index (χ1) is 8.31. The molecule has 0 bridgehead atoms. The van der Waals surface area contributed by atoms with E-state index in [2.05, 4.69) is 15.6 Å². The summed E-state index contributed by atoms with van der Waals surface area (Å²) in [7, 11) is 0. The minimum Gasteiger partial charge on any atom is -0.359 e. The number of amides is 1. The van der Waals surface area contributed by atoms with Gasteiger partial charge in [0, 0.05) is 11.7 Å². The van der Waals surface area contributed by atoms with Gasteiger partial charge in [0.05, 0.1) is 5.56 Å². The van der Waals surface area contributed by atoms with Crippen molar-refractivity contribution in [2.24, 2.45) is 0 Å². The molecule has 0 aliphatic carbocycles. The van der Waals surface area contributed by atoms with Crippen LogP contribution in [-0.2, 0) is 4.79 Å². The van der Waals surface area contributed by atoms with Crippen LogP contribution in [0.15, 0.2) is 18.3 Å².